The van der Waals surface area contributed by atoms with Crippen molar-refractivity contribution in [3.63, 3.8) is 0 Å². The van der Waals surface area contributed by atoms with Crippen LogP contribution >= 0.6 is 0 Å². The van der Waals surface area contributed by atoms with E-state index in [9.17, 15) is 9.59 Å². The molecule has 166 valence electrons. The van der Waals surface area contributed by atoms with E-state index in [-0.39, 0.29) is 11.6 Å². The second-order valence-corrected chi connectivity index (χ2v) is 7.47. The van der Waals surface area contributed by atoms with E-state index >= 15 is 0 Å². The van der Waals surface area contributed by atoms with Gasteiger partial charge in [-0.25, -0.2) is 4.79 Å². The maximum Gasteiger partial charge on any atom is 0.338 e. The molecular weight excluding hydrogens is 428 g/mol. The number of carbonyl (C=O) groups excluding carboxylic acids is 1. The van der Waals surface area contributed by atoms with Gasteiger partial charge in [-0.05, 0) is 54.6 Å². The Morgan fingerprint density at radius 3 is 2.35 bits per heavy atom. The minimum absolute atomic E-state index is 0.271. The van der Waals surface area contributed by atoms with Gasteiger partial charge >= 0.3 is 5.69 Å². The Balaban J connectivity index is 1.63. The number of para-hydroxylation sites is 1. The van der Waals surface area contributed by atoms with Crippen molar-refractivity contribution in [2.24, 2.45) is 0 Å². The van der Waals surface area contributed by atoms with Crippen molar-refractivity contribution < 1.29 is 9.53 Å². The third-order valence-corrected chi connectivity index (χ3v) is 5.25. The highest BCUT2D eigenvalue weighted by Gasteiger charge is 2.17. The molecule has 7 nitrogen and oxygen atoms in total. The number of fused-ring (bicyclic) bond motifs is 1. The SMILES string of the molecule is C=CC(=O)Nc1cccc(-n2c(=O)n(-c3cccc(Oc4ccccc4)c3)c3cnccc32)c1. The van der Waals surface area contributed by atoms with Gasteiger partial charge in [0, 0.05) is 18.0 Å². The van der Waals surface area contributed by atoms with Gasteiger partial charge in [0.05, 0.1) is 28.6 Å². The van der Waals surface area contributed by atoms with Crippen molar-refractivity contribution in [2.45, 2.75) is 0 Å². The summed E-state index contributed by atoms with van der Waals surface area (Å²) in [6, 6.07) is 25.6. The summed E-state index contributed by atoms with van der Waals surface area (Å²) in [5.74, 6) is 0.982. The van der Waals surface area contributed by atoms with Crippen molar-refractivity contribution in [3.05, 3.63) is 120 Å². The Kier molecular flexibility index (Phi) is 5.50. The molecule has 34 heavy (non-hydrogen) atoms. The first-order valence-corrected chi connectivity index (χ1v) is 10.6. The monoisotopic (exact) mass is 448 g/mol. The van der Waals surface area contributed by atoms with E-state index in [1.807, 2.05) is 60.7 Å². The van der Waals surface area contributed by atoms with Gasteiger partial charge in [-0.2, -0.15) is 0 Å². The predicted molar refractivity (Wildman–Crippen MR) is 132 cm³/mol. The number of rotatable bonds is 6. The maximum absolute atomic E-state index is 13.7. The number of ether oxygens (including phenoxy) is 1. The van der Waals surface area contributed by atoms with Crippen LogP contribution < -0.4 is 15.7 Å². The van der Waals surface area contributed by atoms with Crippen molar-refractivity contribution in [2.75, 3.05) is 5.32 Å². The molecule has 0 bridgehead atoms. The molecule has 2 heterocycles. The fourth-order valence-electron chi connectivity index (χ4n) is 3.77. The van der Waals surface area contributed by atoms with E-state index in [4.69, 9.17) is 4.74 Å². The number of amides is 1. The maximum atomic E-state index is 13.7. The second kappa shape index (κ2) is 8.91. The highest BCUT2D eigenvalue weighted by molar-refractivity contribution is 5.99. The highest BCUT2D eigenvalue weighted by atomic mass is 16.5. The van der Waals surface area contributed by atoms with Crippen molar-refractivity contribution >= 4 is 22.6 Å². The zero-order valence-electron chi connectivity index (χ0n) is 18.1. The van der Waals surface area contributed by atoms with Gasteiger partial charge in [-0.3, -0.25) is 18.9 Å². The van der Waals surface area contributed by atoms with Gasteiger partial charge < -0.3 is 10.1 Å². The molecule has 0 atom stereocenters. The largest absolute Gasteiger partial charge is 0.457 e. The number of nitrogens with one attached hydrogen (secondary N) is 1. The van der Waals surface area contributed by atoms with Crippen molar-refractivity contribution in [1.82, 2.24) is 14.1 Å². The van der Waals surface area contributed by atoms with Crippen LogP contribution in [-0.4, -0.2) is 20.0 Å². The molecule has 0 fully saturated rings. The Morgan fingerprint density at radius 1 is 0.853 bits per heavy atom. The van der Waals surface area contributed by atoms with Crippen LogP contribution in [0.15, 0.2) is 115 Å². The fraction of sp³-hybridized carbons (Fsp3) is 0. The van der Waals surface area contributed by atoms with Gasteiger partial charge in [0.15, 0.2) is 0 Å². The number of pyridine rings is 1. The zero-order valence-corrected chi connectivity index (χ0v) is 18.1. The van der Waals surface area contributed by atoms with E-state index in [1.54, 1.807) is 45.8 Å². The third-order valence-electron chi connectivity index (χ3n) is 5.25. The average molecular weight is 448 g/mol. The number of hydrogen-bond donors (Lipinski definition) is 1. The summed E-state index contributed by atoms with van der Waals surface area (Å²) in [5, 5.41) is 2.73. The number of carbonyl (C=O) groups is 1. The van der Waals surface area contributed by atoms with Gasteiger partial charge in [0.1, 0.15) is 11.5 Å². The van der Waals surface area contributed by atoms with E-state index in [0.717, 1.165) is 0 Å². The lowest BCUT2D eigenvalue weighted by Gasteiger charge is -2.08. The molecule has 0 saturated heterocycles. The Labute approximate surface area is 195 Å². The van der Waals surface area contributed by atoms with Gasteiger partial charge in [0.2, 0.25) is 5.91 Å². The molecular formula is C27H20N4O3. The molecule has 0 spiro atoms. The Hall–Kier alpha value is -4.91. The molecule has 1 amide bonds. The molecule has 0 aliphatic heterocycles. The number of benzene rings is 3. The first kappa shape index (κ1) is 21.0. The van der Waals surface area contributed by atoms with Gasteiger partial charge in [-0.1, -0.05) is 36.9 Å². The highest BCUT2D eigenvalue weighted by Crippen LogP contribution is 2.26. The Morgan fingerprint density at radius 2 is 1.56 bits per heavy atom. The zero-order chi connectivity index (χ0) is 23.5. The summed E-state index contributed by atoms with van der Waals surface area (Å²) in [6.45, 7) is 3.47. The van der Waals surface area contributed by atoms with Crippen LogP contribution in [0.4, 0.5) is 5.69 Å². The number of anilines is 1. The average Bonchev–Trinajstić information content (AvgIpc) is 3.16. The van der Waals surface area contributed by atoms with Crippen LogP contribution in [-0.2, 0) is 4.79 Å². The normalized spacial score (nSPS) is 10.7. The summed E-state index contributed by atoms with van der Waals surface area (Å²) in [4.78, 5) is 29.7. The van der Waals surface area contributed by atoms with Crippen LogP contribution in [0.1, 0.15) is 0 Å². The smallest absolute Gasteiger partial charge is 0.338 e. The summed E-state index contributed by atoms with van der Waals surface area (Å²) in [5.41, 5.74) is 2.87. The van der Waals surface area contributed by atoms with Crippen LogP contribution in [0.5, 0.6) is 11.5 Å². The van der Waals surface area contributed by atoms with Crippen LogP contribution in [0.2, 0.25) is 0 Å². The minimum atomic E-state index is -0.327. The van der Waals surface area contributed by atoms with E-state index < -0.39 is 0 Å². The van der Waals surface area contributed by atoms with Crippen LogP contribution in [0, 0.1) is 0 Å². The first-order chi connectivity index (χ1) is 16.6. The summed E-state index contributed by atoms with van der Waals surface area (Å²) in [7, 11) is 0. The van der Waals surface area contributed by atoms with E-state index in [0.29, 0.717) is 39.6 Å². The molecule has 0 aliphatic carbocycles. The first-order valence-electron chi connectivity index (χ1n) is 10.6. The summed E-state index contributed by atoms with van der Waals surface area (Å²) in [6.07, 6.45) is 4.49. The summed E-state index contributed by atoms with van der Waals surface area (Å²) >= 11 is 0. The van der Waals surface area contributed by atoms with Crippen LogP contribution in [0.3, 0.4) is 0 Å². The molecule has 5 aromatic rings. The number of imidazole rings is 1. The lowest BCUT2D eigenvalue weighted by molar-refractivity contribution is -0.111. The molecule has 5 rings (SSSR count). The molecule has 0 aliphatic rings. The van der Waals surface area contributed by atoms with E-state index in [1.165, 1.54) is 6.08 Å². The number of nitrogens with zero attached hydrogens (tertiary/aromatic N) is 3. The van der Waals surface area contributed by atoms with Crippen molar-refractivity contribution in [3.8, 4) is 22.9 Å². The van der Waals surface area contributed by atoms with E-state index in [2.05, 4.69) is 16.9 Å². The molecule has 7 heteroatoms. The van der Waals surface area contributed by atoms with Gasteiger partial charge in [0.25, 0.3) is 0 Å². The van der Waals surface area contributed by atoms with Crippen LogP contribution in [0.25, 0.3) is 22.4 Å². The number of hydrogen-bond acceptors (Lipinski definition) is 4. The number of aromatic nitrogens is 3. The third kappa shape index (κ3) is 3.98. The molecule has 0 unspecified atom stereocenters. The standard InChI is InChI=1S/C27H20N4O3/c1-2-26(32)29-19-8-6-9-20(16-19)30-24-14-15-28-18-25(24)31(27(30)33)21-10-7-13-23(17-21)34-22-11-4-3-5-12-22/h2-18H,1H2,(H,29,32). The molecule has 1 N–H and O–H groups in total. The van der Waals surface area contributed by atoms with Crippen molar-refractivity contribution in [1.29, 1.82) is 0 Å². The second-order valence-electron chi connectivity index (χ2n) is 7.47. The fourth-order valence-corrected chi connectivity index (χ4v) is 3.77. The minimum Gasteiger partial charge on any atom is -0.457 e. The summed E-state index contributed by atoms with van der Waals surface area (Å²) < 4.78 is 9.14. The molecule has 2 aromatic heterocycles. The lowest BCUT2D eigenvalue weighted by Crippen LogP contribution is -2.22. The Bertz CT molecular complexity index is 1570. The topological polar surface area (TPSA) is 78.2 Å². The molecule has 3 aromatic carbocycles. The molecule has 0 saturated carbocycles. The van der Waals surface area contributed by atoms with Gasteiger partial charge in [-0.15, -0.1) is 0 Å². The predicted octanol–water partition coefficient (Wildman–Crippen LogP) is 5.09. The quantitative estimate of drug-likeness (QED) is 0.367. The molecule has 0 radical (unpaired) electrons. The lowest BCUT2D eigenvalue weighted by atomic mass is 10.2.